The molecule has 2 aromatic carbocycles. The van der Waals surface area contributed by atoms with Crippen LogP contribution in [0.25, 0.3) is 5.57 Å². The van der Waals surface area contributed by atoms with Crippen molar-refractivity contribution < 1.29 is 27.8 Å². The number of anilines is 1. The lowest BCUT2D eigenvalue weighted by Gasteiger charge is -2.23. The average Bonchev–Trinajstić information content (AvgIpc) is 2.67. The Labute approximate surface area is 166 Å². The molecule has 1 unspecified atom stereocenters. The van der Waals surface area contributed by atoms with Crippen molar-refractivity contribution in [3.63, 3.8) is 0 Å². The first-order valence-corrected chi connectivity index (χ1v) is 9.40. The summed E-state index contributed by atoms with van der Waals surface area (Å²) in [6.07, 6.45) is -1.56. The quantitative estimate of drug-likeness (QED) is 0.742. The number of rotatable bonds is 2. The second-order valence-electron chi connectivity index (χ2n) is 7.36. The Morgan fingerprint density at radius 2 is 2.00 bits per heavy atom. The summed E-state index contributed by atoms with van der Waals surface area (Å²) in [7, 11) is 0. The van der Waals surface area contributed by atoms with Crippen molar-refractivity contribution >= 4 is 17.2 Å². The molecule has 0 saturated heterocycles. The maximum atomic E-state index is 12.9. The fourth-order valence-electron chi connectivity index (χ4n) is 3.88. The van der Waals surface area contributed by atoms with Gasteiger partial charge in [0.2, 0.25) is 5.91 Å². The Hall–Kier alpha value is -2.64. The molecule has 1 atom stereocenters. The number of halogens is 3. The van der Waals surface area contributed by atoms with Crippen LogP contribution in [0.4, 0.5) is 18.9 Å². The molecule has 2 aromatic rings. The Morgan fingerprint density at radius 1 is 1.17 bits per heavy atom. The molecule has 29 heavy (non-hydrogen) atoms. The normalized spacial score (nSPS) is 20.1. The van der Waals surface area contributed by atoms with Gasteiger partial charge in [0.15, 0.2) is 0 Å². The number of amides is 1. The van der Waals surface area contributed by atoms with Crippen LogP contribution in [-0.2, 0) is 35.2 Å². The van der Waals surface area contributed by atoms with Gasteiger partial charge >= 0.3 is 6.18 Å². The molecule has 0 fully saturated rings. The molecule has 7 heteroatoms. The van der Waals surface area contributed by atoms with Gasteiger partial charge in [-0.2, -0.15) is 13.2 Å². The van der Waals surface area contributed by atoms with Crippen LogP contribution in [0.15, 0.2) is 42.5 Å². The summed E-state index contributed by atoms with van der Waals surface area (Å²) in [5.41, 5.74) is 3.46. The number of hydrogen-bond acceptors (Lipinski definition) is 3. The number of hydrogen-bond donors (Lipinski definition) is 2. The zero-order chi connectivity index (χ0) is 20.6. The van der Waals surface area contributed by atoms with Crippen molar-refractivity contribution in [2.24, 2.45) is 0 Å². The number of alkyl halides is 3. The SMILES string of the molecule is O=C(/C=C1\COCc2cc(C(F)(F)F)ccc21)Nc1cccc2c1CC(O)CC2. The van der Waals surface area contributed by atoms with Crippen molar-refractivity contribution in [2.75, 3.05) is 11.9 Å². The average molecular weight is 403 g/mol. The predicted octanol–water partition coefficient (Wildman–Crippen LogP) is 4.11. The topological polar surface area (TPSA) is 58.6 Å². The highest BCUT2D eigenvalue weighted by Crippen LogP contribution is 2.34. The first-order chi connectivity index (χ1) is 13.8. The van der Waals surface area contributed by atoms with Gasteiger partial charge in [-0.15, -0.1) is 0 Å². The third-order valence-electron chi connectivity index (χ3n) is 5.32. The number of carbonyl (C=O) groups is 1. The van der Waals surface area contributed by atoms with Gasteiger partial charge in [-0.3, -0.25) is 4.79 Å². The highest BCUT2D eigenvalue weighted by molar-refractivity contribution is 6.05. The first kappa shape index (κ1) is 19.7. The minimum Gasteiger partial charge on any atom is -0.393 e. The molecular formula is C22H20F3NO3. The van der Waals surface area contributed by atoms with Gasteiger partial charge in [0.25, 0.3) is 0 Å². The number of nitrogens with one attached hydrogen (secondary N) is 1. The van der Waals surface area contributed by atoms with E-state index in [9.17, 15) is 23.1 Å². The number of aliphatic hydroxyl groups excluding tert-OH is 1. The number of fused-ring (bicyclic) bond motifs is 2. The molecule has 152 valence electrons. The molecule has 1 amide bonds. The summed E-state index contributed by atoms with van der Waals surface area (Å²) in [6, 6.07) is 9.10. The summed E-state index contributed by atoms with van der Waals surface area (Å²) < 4.78 is 44.2. The van der Waals surface area contributed by atoms with Gasteiger partial charge in [0, 0.05) is 18.2 Å². The zero-order valence-electron chi connectivity index (χ0n) is 15.6. The summed E-state index contributed by atoms with van der Waals surface area (Å²) in [6.45, 7) is 0.222. The number of aliphatic hydroxyl groups is 1. The smallest absolute Gasteiger partial charge is 0.393 e. The van der Waals surface area contributed by atoms with Crippen molar-refractivity contribution in [1.29, 1.82) is 0 Å². The van der Waals surface area contributed by atoms with Gasteiger partial charge in [-0.05, 0) is 58.9 Å². The van der Waals surface area contributed by atoms with E-state index in [2.05, 4.69) is 5.32 Å². The highest BCUT2D eigenvalue weighted by Gasteiger charge is 2.31. The van der Waals surface area contributed by atoms with Crippen LogP contribution in [0.3, 0.4) is 0 Å². The standard InChI is InChI=1S/C22H20F3NO3/c23-22(24,25)16-5-7-18-14(8-16)11-29-12-15(18)9-21(28)26-20-3-1-2-13-4-6-17(27)10-19(13)20/h1-3,5,7-9,17,27H,4,6,10-12H2,(H,26,28)/b15-9+. The minimum absolute atomic E-state index is 0.0717. The van der Waals surface area contributed by atoms with Crippen molar-refractivity contribution in [1.82, 2.24) is 0 Å². The molecule has 1 aliphatic carbocycles. The third kappa shape index (κ3) is 4.21. The molecule has 2 N–H and O–H groups in total. The van der Waals surface area contributed by atoms with Gasteiger partial charge in [0.1, 0.15) is 0 Å². The first-order valence-electron chi connectivity index (χ1n) is 9.40. The zero-order valence-corrected chi connectivity index (χ0v) is 15.6. The molecule has 4 rings (SSSR count). The molecule has 1 heterocycles. The Morgan fingerprint density at radius 3 is 2.79 bits per heavy atom. The Balaban J connectivity index is 1.58. The van der Waals surface area contributed by atoms with E-state index >= 15 is 0 Å². The van der Waals surface area contributed by atoms with E-state index < -0.39 is 17.8 Å². The van der Waals surface area contributed by atoms with E-state index in [1.807, 2.05) is 12.1 Å². The summed E-state index contributed by atoms with van der Waals surface area (Å²) in [5.74, 6) is -0.384. The largest absolute Gasteiger partial charge is 0.416 e. The summed E-state index contributed by atoms with van der Waals surface area (Å²) in [5, 5.41) is 12.8. The van der Waals surface area contributed by atoms with Crippen LogP contribution in [0, 0.1) is 0 Å². The van der Waals surface area contributed by atoms with Crippen LogP contribution < -0.4 is 5.32 Å². The molecule has 0 bridgehead atoms. The minimum atomic E-state index is -4.43. The summed E-state index contributed by atoms with van der Waals surface area (Å²) >= 11 is 0. The Bertz CT molecular complexity index is 982. The van der Waals surface area contributed by atoms with Crippen molar-refractivity contribution in [3.05, 3.63) is 70.3 Å². The lowest BCUT2D eigenvalue weighted by atomic mass is 9.88. The fourth-order valence-corrected chi connectivity index (χ4v) is 3.88. The summed E-state index contributed by atoms with van der Waals surface area (Å²) in [4.78, 5) is 12.6. The van der Waals surface area contributed by atoms with E-state index in [1.54, 1.807) is 6.07 Å². The van der Waals surface area contributed by atoms with Crippen LogP contribution in [-0.4, -0.2) is 23.7 Å². The molecule has 0 spiro atoms. The Kier molecular flexibility index (Phi) is 5.19. The van der Waals surface area contributed by atoms with Crippen molar-refractivity contribution in [3.8, 4) is 0 Å². The number of ether oxygens (including phenoxy) is 1. The second-order valence-corrected chi connectivity index (χ2v) is 7.36. The molecule has 2 aliphatic rings. The second kappa shape index (κ2) is 7.65. The number of carbonyl (C=O) groups excluding carboxylic acids is 1. The monoisotopic (exact) mass is 403 g/mol. The van der Waals surface area contributed by atoms with E-state index in [-0.39, 0.29) is 19.1 Å². The molecular weight excluding hydrogens is 383 g/mol. The highest BCUT2D eigenvalue weighted by atomic mass is 19.4. The number of benzene rings is 2. The maximum Gasteiger partial charge on any atom is 0.416 e. The van der Waals surface area contributed by atoms with Crippen LogP contribution in [0.2, 0.25) is 0 Å². The predicted molar refractivity (Wildman–Crippen MR) is 102 cm³/mol. The maximum absolute atomic E-state index is 12.9. The van der Waals surface area contributed by atoms with E-state index in [0.717, 1.165) is 29.7 Å². The lowest BCUT2D eigenvalue weighted by molar-refractivity contribution is -0.137. The van der Waals surface area contributed by atoms with E-state index in [4.69, 9.17) is 4.74 Å². The van der Waals surface area contributed by atoms with Gasteiger partial charge in [0.05, 0.1) is 24.9 Å². The van der Waals surface area contributed by atoms with Crippen LogP contribution in [0.5, 0.6) is 0 Å². The third-order valence-corrected chi connectivity index (χ3v) is 5.32. The fraction of sp³-hybridized carbons (Fsp3) is 0.318. The number of aryl methyl sites for hydroxylation is 1. The van der Waals surface area contributed by atoms with Crippen molar-refractivity contribution in [2.45, 2.75) is 38.1 Å². The van der Waals surface area contributed by atoms with E-state index in [1.165, 1.54) is 12.1 Å². The lowest BCUT2D eigenvalue weighted by Crippen LogP contribution is -2.21. The van der Waals surface area contributed by atoms with Crippen LogP contribution in [0.1, 0.15) is 34.2 Å². The van der Waals surface area contributed by atoms with Gasteiger partial charge in [-0.25, -0.2) is 0 Å². The molecule has 1 aliphatic heterocycles. The molecule has 0 saturated carbocycles. The molecule has 0 radical (unpaired) electrons. The molecule has 4 nitrogen and oxygen atoms in total. The molecule has 0 aromatic heterocycles. The van der Waals surface area contributed by atoms with Gasteiger partial charge < -0.3 is 15.2 Å². The van der Waals surface area contributed by atoms with Gasteiger partial charge in [-0.1, -0.05) is 18.2 Å². The van der Waals surface area contributed by atoms with E-state index in [0.29, 0.717) is 35.2 Å². The van der Waals surface area contributed by atoms with Crippen LogP contribution >= 0.6 is 0 Å².